The summed E-state index contributed by atoms with van der Waals surface area (Å²) in [6, 6.07) is 11.7. The van der Waals surface area contributed by atoms with Crippen LogP contribution in [0.3, 0.4) is 0 Å². The zero-order valence-corrected chi connectivity index (χ0v) is 14.9. The van der Waals surface area contributed by atoms with Gasteiger partial charge < -0.3 is 15.0 Å². The molecule has 1 N–H and O–H groups in total. The first kappa shape index (κ1) is 19.2. The molecule has 1 saturated heterocycles. The first-order valence-electron chi connectivity index (χ1n) is 8.73. The Bertz CT molecular complexity index is 783. The molecule has 2 aromatic rings. The fraction of sp³-hybridized carbons (Fsp3) is 0.350. The van der Waals surface area contributed by atoms with Gasteiger partial charge in [-0.05, 0) is 55.3 Å². The number of alkyl halides is 3. The van der Waals surface area contributed by atoms with E-state index >= 15 is 0 Å². The molecule has 3 rings (SSSR count). The van der Waals surface area contributed by atoms with Crippen molar-refractivity contribution >= 4 is 17.3 Å². The Morgan fingerprint density at radius 3 is 2.37 bits per heavy atom. The lowest BCUT2D eigenvalue weighted by Gasteiger charge is -2.33. The Labute approximate surface area is 155 Å². The van der Waals surface area contributed by atoms with Gasteiger partial charge in [-0.3, -0.25) is 4.79 Å². The van der Waals surface area contributed by atoms with Crippen LogP contribution in [0.5, 0.6) is 0 Å². The van der Waals surface area contributed by atoms with E-state index in [0.717, 1.165) is 43.8 Å². The average molecular weight is 378 g/mol. The molecular formula is C20H21F3N2O2. The van der Waals surface area contributed by atoms with Gasteiger partial charge in [0.15, 0.2) is 0 Å². The summed E-state index contributed by atoms with van der Waals surface area (Å²) in [4.78, 5) is 14.5. The van der Waals surface area contributed by atoms with E-state index in [4.69, 9.17) is 4.74 Å². The summed E-state index contributed by atoms with van der Waals surface area (Å²) in [5, 5.41) is 2.64. The number of rotatable bonds is 4. The van der Waals surface area contributed by atoms with Crippen molar-refractivity contribution in [3.8, 4) is 0 Å². The standard InChI is InChI=1S/C20H21F3N2O2/c1-27-18-9-11-25(12-10-18)17-7-5-16(6-8-17)24-19(26)14-3-2-4-15(13-14)20(21,22)23/h2-8,13,18H,9-12H2,1H3,(H,24,26). The summed E-state index contributed by atoms with van der Waals surface area (Å²) in [6.07, 6.45) is -2.25. The molecule has 0 atom stereocenters. The quantitative estimate of drug-likeness (QED) is 0.847. The molecule has 0 aromatic heterocycles. The van der Waals surface area contributed by atoms with Crippen LogP contribution in [-0.2, 0) is 10.9 Å². The highest BCUT2D eigenvalue weighted by Crippen LogP contribution is 2.30. The SMILES string of the molecule is COC1CCN(c2ccc(NC(=O)c3cccc(C(F)(F)F)c3)cc2)CC1. The van der Waals surface area contributed by atoms with E-state index in [1.807, 2.05) is 12.1 Å². The minimum atomic E-state index is -4.48. The van der Waals surface area contributed by atoms with Gasteiger partial charge in [-0.2, -0.15) is 13.2 Å². The molecule has 144 valence electrons. The lowest BCUT2D eigenvalue weighted by Crippen LogP contribution is -2.36. The predicted octanol–water partition coefficient (Wildman–Crippen LogP) is 4.57. The maximum atomic E-state index is 12.8. The van der Waals surface area contributed by atoms with Crippen LogP contribution < -0.4 is 10.2 Å². The minimum Gasteiger partial charge on any atom is -0.381 e. The van der Waals surface area contributed by atoms with Gasteiger partial charge in [0.05, 0.1) is 11.7 Å². The largest absolute Gasteiger partial charge is 0.416 e. The number of methoxy groups -OCH3 is 1. The predicted molar refractivity (Wildman–Crippen MR) is 98.1 cm³/mol. The molecule has 1 aliphatic rings. The van der Waals surface area contributed by atoms with Crippen molar-refractivity contribution in [3.63, 3.8) is 0 Å². The summed E-state index contributed by atoms with van der Waals surface area (Å²) in [6.45, 7) is 1.79. The first-order valence-corrected chi connectivity index (χ1v) is 8.73. The second-order valence-electron chi connectivity index (χ2n) is 6.50. The van der Waals surface area contributed by atoms with E-state index in [1.54, 1.807) is 19.2 Å². The van der Waals surface area contributed by atoms with Crippen LogP contribution in [0.4, 0.5) is 24.5 Å². The van der Waals surface area contributed by atoms with Gasteiger partial charge in [-0.15, -0.1) is 0 Å². The van der Waals surface area contributed by atoms with E-state index in [9.17, 15) is 18.0 Å². The third-order valence-electron chi connectivity index (χ3n) is 4.72. The van der Waals surface area contributed by atoms with Crippen molar-refractivity contribution < 1.29 is 22.7 Å². The smallest absolute Gasteiger partial charge is 0.381 e. The van der Waals surface area contributed by atoms with Gasteiger partial charge >= 0.3 is 6.18 Å². The molecule has 0 bridgehead atoms. The van der Waals surface area contributed by atoms with Crippen LogP contribution in [0, 0.1) is 0 Å². The van der Waals surface area contributed by atoms with Crippen LogP contribution in [0.25, 0.3) is 0 Å². The van der Waals surface area contributed by atoms with Crippen LogP contribution in [0.2, 0.25) is 0 Å². The van der Waals surface area contributed by atoms with Gasteiger partial charge in [0.2, 0.25) is 0 Å². The normalized spacial score (nSPS) is 15.6. The van der Waals surface area contributed by atoms with Gasteiger partial charge in [0.25, 0.3) is 5.91 Å². The Balaban J connectivity index is 1.64. The number of benzene rings is 2. The highest BCUT2D eigenvalue weighted by Gasteiger charge is 2.30. The van der Waals surface area contributed by atoms with E-state index in [1.165, 1.54) is 12.1 Å². The third-order valence-corrected chi connectivity index (χ3v) is 4.72. The Kier molecular flexibility index (Phi) is 5.70. The van der Waals surface area contributed by atoms with Crippen LogP contribution in [-0.4, -0.2) is 32.2 Å². The number of nitrogens with one attached hydrogen (secondary N) is 1. The number of carbonyl (C=O) groups excluding carboxylic acids is 1. The molecule has 27 heavy (non-hydrogen) atoms. The van der Waals surface area contributed by atoms with Gasteiger partial charge in [-0.1, -0.05) is 6.07 Å². The van der Waals surface area contributed by atoms with Crippen LogP contribution >= 0.6 is 0 Å². The fourth-order valence-corrected chi connectivity index (χ4v) is 3.15. The van der Waals surface area contributed by atoms with Gasteiger partial charge in [0.1, 0.15) is 0 Å². The van der Waals surface area contributed by atoms with Crippen LogP contribution in [0.1, 0.15) is 28.8 Å². The number of nitrogens with zero attached hydrogens (tertiary/aromatic N) is 1. The number of ether oxygens (including phenoxy) is 1. The molecule has 4 nitrogen and oxygen atoms in total. The molecular weight excluding hydrogens is 357 g/mol. The molecule has 1 fully saturated rings. The van der Waals surface area contributed by atoms with Gasteiger partial charge in [-0.25, -0.2) is 0 Å². The Hall–Kier alpha value is -2.54. The number of piperidine rings is 1. The van der Waals surface area contributed by atoms with E-state index in [2.05, 4.69) is 10.2 Å². The number of halogens is 3. The summed E-state index contributed by atoms with van der Waals surface area (Å²) < 4.78 is 43.7. The highest BCUT2D eigenvalue weighted by atomic mass is 19.4. The second-order valence-corrected chi connectivity index (χ2v) is 6.50. The maximum absolute atomic E-state index is 12.8. The Morgan fingerprint density at radius 1 is 1.11 bits per heavy atom. The third kappa shape index (κ3) is 4.80. The molecule has 1 aliphatic heterocycles. The molecule has 0 aliphatic carbocycles. The summed E-state index contributed by atoms with van der Waals surface area (Å²) in [7, 11) is 1.72. The Morgan fingerprint density at radius 2 is 1.78 bits per heavy atom. The van der Waals surface area contributed by atoms with E-state index in [0.29, 0.717) is 11.8 Å². The lowest BCUT2D eigenvalue weighted by molar-refractivity contribution is -0.137. The zero-order chi connectivity index (χ0) is 19.4. The van der Waals surface area contributed by atoms with Crippen molar-refractivity contribution in [1.82, 2.24) is 0 Å². The topological polar surface area (TPSA) is 41.6 Å². The summed E-state index contributed by atoms with van der Waals surface area (Å²) in [5.41, 5.74) is 0.704. The molecule has 0 spiro atoms. The second kappa shape index (κ2) is 8.00. The van der Waals surface area contributed by atoms with Crippen molar-refractivity contribution in [2.45, 2.75) is 25.1 Å². The average Bonchev–Trinajstić information content (AvgIpc) is 2.68. The molecule has 2 aromatic carbocycles. The first-order chi connectivity index (χ1) is 12.9. The fourth-order valence-electron chi connectivity index (χ4n) is 3.15. The highest BCUT2D eigenvalue weighted by molar-refractivity contribution is 6.04. The molecule has 7 heteroatoms. The lowest BCUT2D eigenvalue weighted by atomic mass is 10.1. The van der Waals surface area contributed by atoms with E-state index in [-0.39, 0.29) is 5.56 Å². The van der Waals surface area contributed by atoms with Crippen molar-refractivity contribution in [2.75, 3.05) is 30.4 Å². The minimum absolute atomic E-state index is 0.0319. The van der Waals surface area contributed by atoms with Gasteiger partial charge in [0, 0.05) is 37.1 Å². The number of amides is 1. The molecule has 1 amide bonds. The monoisotopic (exact) mass is 378 g/mol. The number of hydrogen-bond acceptors (Lipinski definition) is 3. The molecule has 0 saturated carbocycles. The summed E-state index contributed by atoms with van der Waals surface area (Å²) in [5.74, 6) is -0.574. The number of carbonyl (C=O) groups is 1. The van der Waals surface area contributed by atoms with Crippen molar-refractivity contribution in [3.05, 3.63) is 59.7 Å². The molecule has 0 radical (unpaired) electrons. The molecule has 1 heterocycles. The van der Waals surface area contributed by atoms with Crippen molar-refractivity contribution in [2.24, 2.45) is 0 Å². The summed E-state index contributed by atoms with van der Waals surface area (Å²) >= 11 is 0. The number of hydrogen-bond donors (Lipinski definition) is 1. The van der Waals surface area contributed by atoms with Crippen molar-refractivity contribution in [1.29, 1.82) is 0 Å². The van der Waals surface area contributed by atoms with E-state index < -0.39 is 17.6 Å². The molecule has 0 unspecified atom stereocenters. The number of anilines is 2. The van der Waals surface area contributed by atoms with Crippen LogP contribution in [0.15, 0.2) is 48.5 Å². The maximum Gasteiger partial charge on any atom is 0.416 e. The zero-order valence-electron chi connectivity index (χ0n) is 14.9.